The van der Waals surface area contributed by atoms with E-state index in [0.717, 1.165) is 35.1 Å². The van der Waals surface area contributed by atoms with Crippen molar-refractivity contribution in [1.82, 2.24) is 0 Å². The minimum absolute atomic E-state index is 0.0290. The molecule has 3 rings (SSSR count). The molecule has 0 aliphatic carbocycles. The topological polar surface area (TPSA) is 50.1 Å². The van der Waals surface area contributed by atoms with Crippen molar-refractivity contribution in [2.24, 2.45) is 0 Å². The highest BCUT2D eigenvalue weighted by Gasteiger charge is 2.22. The normalized spacial score (nSPS) is 16.1. The molecule has 0 N–H and O–H groups in total. The minimum atomic E-state index is -0.0290. The summed E-state index contributed by atoms with van der Waals surface area (Å²) in [6.45, 7) is 0. The third-order valence-corrected chi connectivity index (χ3v) is 3.51. The van der Waals surface area contributed by atoms with E-state index in [1.165, 1.54) is 0 Å². The van der Waals surface area contributed by atoms with Gasteiger partial charge in [-0.1, -0.05) is 18.2 Å². The van der Waals surface area contributed by atoms with Crippen LogP contribution in [-0.4, -0.2) is 12.4 Å². The predicted octanol–water partition coefficient (Wildman–Crippen LogP) is 3.12. The van der Waals surface area contributed by atoms with Gasteiger partial charge in [0, 0.05) is 12.8 Å². The van der Waals surface area contributed by atoms with Gasteiger partial charge in [0.25, 0.3) is 0 Å². The lowest BCUT2D eigenvalue weighted by molar-refractivity contribution is -0.109. The van der Waals surface area contributed by atoms with Gasteiger partial charge in [-0.05, 0) is 41.0 Å². The van der Waals surface area contributed by atoms with Crippen LogP contribution in [0.15, 0.2) is 42.5 Å². The van der Waals surface area contributed by atoms with Gasteiger partial charge in [-0.15, -0.1) is 0 Å². The van der Waals surface area contributed by atoms with Crippen LogP contribution < -0.4 is 4.74 Å². The molecule has 1 atom stereocenters. The van der Waals surface area contributed by atoms with Crippen LogP contribution in [0.3, 0.4) is 0 Å². The molecule has 0 radical (unpaired) electrons. The maximum atomic E-state index is 10.6. The second kappa shape index (κ2) is 5.18. The van der Waals surface area contributed by atoms with E-state index in [0.29, 0.717) is 12.0 Å². The molecular formula is C17H13NO2. The lowest BCUT2D eigenvalue weighted by Crippen LogP contribution is -2.12. The summed E-state index contributed by atoms with van der Waals surface area (Å²) in [7, 11) is 0. The summed E-state index contributed by atoms with van der Waals surface area (Å²) in [6.07, 6.45) is 2.08. The Bertz CT molecular complexity index is 683. The Kier molecular flexibility index (Phi) is 3.22. The molecule has 3 heteroatoms. The van der Waals surface area contributed by atoms with Crippen molar-refractivity contribution < 1.29 is 9.53 Å². The van der Waals surface area contributed by atoms with Crippen molar-refractivity contribution >= 4 is 6.29 Å². The van der Waals surface area contributed by atoms with E-state index in [4.69, 9.17) is 10.00 Å². The van der Waals surface area contributed by atoms with Crippen molar-refractivity contribution in [3.8, 4) is 22.9 Å². The Morgan fingerprint density at radius 2 is 1.95 bits per heavy atom. The highest BCUT2D eigenvalue weighted by atomic mass is 16.5. The summed E-state index contributed by atoms with van der Waals surface area (Å²) in [5.74, 6) is 0.870. The van der Waals surface area contributed by atoms with Gasteiger partial charge in [-0.25, -0.2) is 0 Å². The number of ether oxygens (including phenoxy) is 1. The van der Waals surface area contributed by atoms with Gasteiger partial charge in [-0.2, -0.15) is 5.26 Å². The number of carbonyl (C=O) groups is 1. The zero-order chi connectivity index (χ0) is 13.9. The van der Waals surface area contributed by atoms with Gasteiger partial charge in [0.05, 0.1) is 11.6 Å². The van der Waals surface area contributed by atoms with Crippen LogP contribution in [0, 0.1) is 11.3 Å². The van der Waals surface area contributed by atoms with E-state index in [1.54, 1.807) is 0 Å². The molecule has 20 heavy (non-hydrogen) atoms. The maximum Gasteiger partial charge on any atom is 0.123 e. The molecular weight excluding hydrogens is 250 g/mol. The summed E-state index contributed by atoms with van der Waals surface area (Å²) in [4.78, 5) is 10.6. The van der Waals surface area contributed by atoms with E-state index in [9.17, 15) is 4.79 Å². The van der Waals surface area contributed by atoms with Crippen molar-refractivity contribution in [3.63, 3.8) is 0 Å². The molecule has 0 saturated heterocycles. The summed E-state index contributed by atoms with van der Waals surface area (Å²) in [6, 6.07) is 15.7. The van der Waals surface area contributed by atoms with Crippen LogP contribution in [0.2, 0.25) is 0 Å². The summed E-state index contributed by atoms with van der Waals surface area (Å²) in [5, 5.41) is 8.81. The largest absolute Gasteiger partial charge is 0.489 e. The Labute approximate surface area is 117 Å². The fraction of sp³-hybridized carbons (Fsp3) is 0.176. The maximum absolute atomic E-state index is 10.6. The summed E-state index contributed by atoms with van der Waals surface area (Å²) >= 11 is 0. The van der Waals surface area contributed by atoms with E-state index in [2.05, 4.69) is 12.1 Å². The van der Waals surface area contributed by atoms with Gasteiger partial charge >= 0.3 is 0 Å². The van der Waals surface area contributed by atoms with E-state index in [1.807, 2.05) is 36.4 Å². The molecule has 1 aliphatic heterocycles. The Balaban J connectivity index is 1.88. The molecule has 0 aromatic heterocycles. The molecule has 0 bridgehead atoms. The second-order valence-corrected chi connectivity index (χ2v) is 4.86. The molecule has 1 heterocycles. The molecule has 0 saturated carbocycles. The van der Waals surface area contributed by atoms with E-state index in [-0.39, 0.29) is 6.10 Å². The first kappa shape index (κ1) is 12.4. The third-order valence-electron chi connectivity index (χ3n) is 3.51. The Hall–Kier alpha value is -2.60. The number of benzene rings is 2. The van der Waals surface area contributed by atoms with Gasteiger partial charge in [0.15, 0.2) is 0 Å². The van der Waals surface area contributed by atoms with E-state index < -0.39 is 0 Å². The van der Waals surface area contributed by atoms with Crippen molar-refractivity contribution in [1.29, 1.82) is 5.26 Å². The number of nitriles is 1. The molecule has 0 fully saturated rings. The lowest BCUT2D eigenvalue weighted by Gasteiger charge is -2.06. The van der Waals surface area contributed by atoms with Crippen LogP contribution in [0.4, 0.5) is 0 Å². The monoisotopic (exact) mass is 263 g/mol. The summed E-state index contributed by atoms with van der Waals surface area (Å²) < 4.78 is 5.70. The molecule has 98 valence electrons. The molecule has 0 amide bonds. The van der Waals surface area contributed by atoms with Crippen LogP contribution >= 0.6 is 0 Å². The first-order chi connectivity index (χ1) is 9.80. The van der Waals surface area contributed by atoms with Crippen LogP contribution in [0.5, 0.6) is 5.75 Å². The van der Waals surface area contributed by atoms with Gasteiger partial charge in [0.1, 0.15) is 18.1 Å². The number of fused-ring (bicyclic) bond motifs is 1. The number of hydrogen-bond acceptors (Lipinski definition) is 3. The first-order valence-electron chi connectivity index (χ1n) is 6.54. The smallest absolute Gasteiger partial charge is 0.123 e. The molecule has 2 aromatic rings. The van der Waals surface area contributed by atoms with Crippen molar-refractivity contribution in [2.75, 3.05) is 0 Å². The highest BCUT2D eigenvalue weighted by Crippen LogP contribution is 2.33. The zero-order valence-electron chi connectivity index (χ0n) is 10.9. The molecule has 1 unspecified atom stereocenters. The minimum Gasteiger partial charge on any atom is -0.489 e. The number of nitrogens with zero attached hydrogens (tertiary/aromatic N) is 1. The SMILES string of the molecule is N#Cc1ccc(-c2ccc3c(c2)CC(CC=O)O3)cc1. The third kappa shape index (κ3) is 2.28. The Morgan fingerprint density at radius 1 is 1.20 bits per heavy atom. The number of carbonyl (C=O) groups excluding carboxylic acids is 1. The van der Waals surface area contributed by atoms with Gasteiger partial charge < -0.3 is 9.53 Å². The van der Waals surface area contributed by atoms with Crippen LogP contribution in [-0.2, 0) is 11.2 Å². The predicted molar refractivity (Wildman–Crippen MR) is 75.4 cm³/mol. The van der Waals surface area contributed by atoms with Crippen LogP contribution in [0.1, 0.15) is 17.5 Å². The number of hydrogen-bond donors (Lipinski definition) is 0. The highest BCUT2D eigenvalue weighted by molar-refractivity contribution is 5.67. The number of rotatable bonds is 3. The molecule has 2 aromatic carbocycles. The fourth-order valence-corrected chi connectivity index (χ4v) is 2.48. The van der Waals surface area contributed by atoms with Gasteiger partial charge in [0.2, 0.25) is 0 Å². The van der Waals surface area contributed by atoms with Crippen molar-refractivity contribution in [2.45, 2.75) is 18.9 Å². The quantitative estimate of drug-likeness (QED) is 0.799. The van der Waals surface area contributed by atoms with Crippen molar-refractivity contribution in [3.05, 3.63) is 53.6 Å². The molecule has 0 spiro atoms. The zero-order valence-corrected chi connectivity index (χ0v) is 10.9. The average Bonchev–Trinajstić information content (AvgIpc) is 2.89. The Morgan fingerprint density at radius 3 is 2.65 bits per heavy atom. The van der Waals surface area contributed by atoms with Gasteiger partial charge in [-0.3, -0.25) is 0 Å². The summed E-state index contributed by atoms with van der Waals surface area (Å²) in [5.41, 5.74) is 3.97. The molecule has 1 aliphatic rings. The second-order valence-electron chi connectivity index (χ2n) is 4.86. The van der Waals surface area contributed by atoms with E-state index >= 15 is 0 Å². The standard InChI is InChI=1S/C17H13NO2/c18-11-12-1-3-13(4-2-12)14-5-6-17-15(9-14)10-16(20-17)7-8-19/h1-6,8-9,16H,7,10H2. The number of aldehydes is 1. The molecule has 3 nitrogen and oxygen atoms in total. The fourth-order valence-electron chi connectivity index (χ4n) is 2.48. The lowest BCUT2D eigenvalue weighted by atomic mass is 10.00. The first-order valence-corrected chi connectivity index (χ1v) is 6.54. The average molecular weight is 263 g/mol. The van der Waals surface area contributed by atoms with Crippen LogP contribution in [0.25, 0.3) is 11.1 Å².